The van der Waals surface area contributed by atoms with Crippen LogP contribution in [0.4, 0.5) is 0 Å². The maximum atomic E-state index is 7.18. The Labute approximate surface area is 77.1 Å². The molecule has 0 rings (SSSR count). The van der Waals surface area contributed by atoms with Gasteiger partial charge in [-0.05, 0) is 0 Å². The molecule has 0 saturated carbocycles. The zero-order valence-electron chi connectivity index (χ0n) is 4.79. The minimum absolute atomic E-state index is 0. The van der Waals surface area contributed by atoms with Crippen LogP contribution in [0.15, 0.2) is 0 Å². The molecule has 0 heterocycles. The van der Waals surface area contributed by atoms with Crippen LogP contribution in [0.3, 0.4) is 0 Å². The summed E-state index contributed by atoms with van der Waals surface area (Å²) in [5.74, 6) is 0. The molecule has 0 amide bonds. The predicted octanol–water partition coefficient (Wildman–Crippen LogP) is -2.09. The molecule has 34 valence electrons. The molecule has 2 nitrogen and oxygen atoms in total. The fourth-order valence-electron chi connectivity index (χ4n) is 0. The molecule has 5 heteroatoms. The van der Waals surface area contributed by atoms with Gasteiger partial charge in [-0.1, -0.05) is 25.3 Å². The molecule has 0 radical (unpaired) electrons. The quantitative estimate of drug-likeness (QED) is 0.231. The van der Waals surface area contributed by atoms with Gasteiger partial charge in [-0.25, -0.2) is 0 Å². The minimum atomic E-state index is 0. The van der Waals surface area contributed by atoms with Crippen molar-refractivity contribution >= 4 is 25.3 Å². The van der Waals surface area contributed by atoms with Crippen LogP contribution >= 0.6 is 25.3 Å². The molecular formula is C2H3N2NaS2. The van der Waals surface area contributed by atoms with Gasteiger partial charge in [0.1, 0.15) is 10.8 Å². The van der Waals surface area contributed by atoms with Crippen LogP contribution in [0.1, 0.15) is 1.43 Å². The molecule has 0 aromatic carbocycles. The van der Waals surface area contributed by atoms with Gasteiger partial charge in [0.05, 0.1) is 0 Å². The van der Waals surface area contributed by atoms with Crippen molar-refractivity contribution in [3.05, 3.63) is 0 Å². The molecule has 0 fully saturated rings. The van der Waals surface area contributed by atoms with Gasteiger partial charge in [0, 0.05) is 0 Å². The number of rotatable bonds is 0. The summed E-state index contributed by atoms with van der Waals surface area (Å²) in [4.78, 5) is 0. The number of thiocyanates is 2. The molecule has 0 unspecified atom stereocenters. The Morgan fingerprint density at radius 3 is 1.14 bits per heavy atom. The van der Waals surface area contributed by atoms with E-state index in [9.17, 15) is 0 Å². The molecule has 0 spiro atoms. The van der Waals surface area contributed by atoms with Crippen LogP contribution in [-0.2, 0) is 0 Å². The summed E-state index contributed by atoms with van der Waals surface area (Å²) in [7, 11) is 0. The minimum Gasteiger partial charge on any atom is -1.00 e. The first-order chi connectivity index (χ1) is 2.83. The maximum absolute atomic E-state index is 7.18. The van der Waals surface area contributed by atoms with Crippen molar-refractivity contribution in [3.8, 4) is 10.8 Å². The Morgan fingerprint density at radius 2 is 1.14 bits per heavy atom. The van der Waals surface area contributed by atoms with Crippen molar-refractivity contribution in [1.82, 2.24) is 0 Å². The van der Waals surface area contributed by atoms with E-state index in [1.807, 2.05) is 0 Å². The Balaban J connectivity index is -0.0000000160. The Morgan fingerprint density at radius 1 is 1.14 bits per heavy atom. The standard InChI is InChI=1S/2CHNS.Na.H/c2*2-1-3;;/h2*3H;;/q;;+1;-1. The summed E-state index contributed by atoms with van der Waals surface area (Å²) in [6.45, 7) is 0. The Kier molecular flexibility index (Phi) is 67.1. The van der Waals surface area contributed by atoms with Crippen LogP contribution in [-0.4, -0.2) is 0 Å². The van der Waals surface area contributed by atoms with Gasteiger partial charge in [-0.2, -0.15) is 10.5 Å². The van der Waals surface area contributed by atoms with Gasteiger partial charge in [-0.3, -0.25) is 0 Å². The monoisotopic (exact) mass is 142 g/mol. The molecule has 0 aliphatic heterocycles. The van der Waals surface area contributed by atoms with E-state index >= 15 is 0 Å². The van der Waals surface area contributed by atoms with Crippen LogP contribution in [0.5, 0.6) is 0 Å². The fourth-order valence-corrected chi connectivity index (χ4v) is 0. The SMILES string of the molecule is N#CS.N#CS.[H-].[Na+]. The van der Waals surface area contributed by atoms with E-state index in [1.54, 1.807) is 0 Å². The zero-order valence-corrected chi connectivity index (χ0v) is 7.58. The van der Waals surface area contributed by atoms with Crippen LogP contribution in [0, 0.1) is 21.3 Å². The number of nitriles is 2. The second-order valence-electron chi connectivity index (χ2n) is 0.200. The van der Waals surface area contributed by atoms with Crippen molar-refractivity contribution < 1.29 is 31.0 Å². The Bertz CT molecular complexity index is 73.0. The summed E-state index contributed by atoms with van der Waals surface area (Å²) in [6.07, 6.45) is 0. The molecule has 0 aromatic rings. The summed E-state index contributed by atoms with van der Waals surface area (Å²) in [6, 6.07) is 0. The summed E-state index contributed by atoms with van der Waals surface area (Å²) in [5.41, 5.74) is 0. The summed E-state index contributed by atoms with van der Waals surface area (Å²) < 4.78 is 0. The van der Waals surface area contributed by atoms with Gasteiger partial charge >= 0.3 is 29.6 Å². The molecule has 0 atom stereocenters. The largest absolute Gasteiger partial charge is 1.00 e. The third kappa shape index (κ3) is 316. The van der Waals surface area contributed by atoms with E-state index in [2.05, 4.69) is 25.3 Å². The summed E-state index contributed by atoms with van der Waals surface area (Å²) >= 11 is 6.19. The van der Waals surface area contributed by atoms with E-state index in [0.717, 1.165) is 0 Å². The predicted molar refractivity (Wildman–Crippen MR) is 30.3 cm³/mol. The van der Waals surface area contributed by atoms with Gasteiger partial charge in [0.25, 0.3) is 0 Å². The van der Waals surface area contributed by atoms with E-state index in [1.165, 1.54) is 10.8 Å². The van der Waals surface area contributed by atoms with Gasteiger partial charge in [0.15, 0.2) is 0 Å². The first-order valence-corrected chi connectivity index (χ1v) is 1.79. The fraction of sp³-hybridized carbons (Fsp3) is 0. The van der Waals surface area contributed by atoms with Crippen LogP contribution in [0.25, 0.3) is 0 Å². The molecule has 7 heavy (non-hydrogen) atoms. The topological polar surface area (TPSA) is 47.6 Å². The second kappa shape index (κ2) is 30.0. The maximum Gasteiger partial charge on any atom is 1.00 e. The van der Waals surface area contributed by atoms with Gasteiger partial charge < -0.3 is 1.43 Å². The summed E-state index contributed by atoms with van der Waals surface area (Å²) in [5, 5.41) is 17.3. The number of hydrogen-bond donors (Lipinski definition) is 2. The van der Waals surface area contributed by atoms with Gasteiger partial charge in [-0.15, -0.1) is 0 Å². The zero-order chi connectivity index (χ0) is 5.41. The van der Waals surface area contributed by atoms with Crippen molar-refractivity contribution in [2.45, 2.75) is 0 Å². The van der Waals surface area contributed by atoms with Crippen molar-refractivity contribution in [1.29, 1.82) is 10.5 Å². The number of hydrogen-bond acceptors (Lipinski definition) is 4. The van der Waals surface area contributed by atoms with Crippen LogP contribution < -0.4 is 29.6 Å². The van der Waals surface area contributed by atoms with E-state index < -0.39 is 0 Å². The molecule has 0 aliphatic rings. The number of thiol groups is 2. The van der Waals surface area contributed by atoms with Crippen molar-refractivity contribution in [2.75, 3.05) is 0 Å². The van der Waals surface area contributed by atoms with Crippen molar-refractivity contribution in [2.24, 2.45) is 0 Å². The molecule has 0 saturated heterocycles. The van der Waals surface area contributed by atoms with E-state index in [0.29, 0.717) is 0 Å². The van der Waals surface area contributed by atoms with Crippen molar-refractivity contribution in [3.63, 3.8) is 0 Å². The van der Waals surface area contributed by atoms with Crippen LogP contribution in [0.2, 0.25) is 0 Å². The molecule has 0 bridgehead atoms. The van der Waals surface area contributed by atoms with E-state index in [-0.39, 0.29) is 31.0 Å². The smallest absolute Gasteiger partial charge is 1.00 e. The average Bonchev–Trinajstić information content (AvgIpc) is 1.39. The average molecular weight is 142 g/mol. The van der Waals surface area contributed by atoms with Gasteiger partial charge in [0.2, 0.25) is 0 Å². The second-order valence-corrected chi connectivity index (χ2v) is 0.600. The van der Waals surface area contributed by atoms with E-state index in [4.69, 9.17) is 10.5 Å². The normalized spacial score (nSPS) is 2.29. The molecule has 0 aliphatic carbocycles. The first-order valence-electron chi connectivity index (χ1n) is 0.894. The first kappa shape index (κ1) is 15.6. The molecule has 0 aromatic heterocycles. The number of nitrogens with zero attached hydrogens (tertiary/aromatic N) is 2. The Hall–Kier alpha value is 0.680. The third-order valence-corrected chi connectivity index (χ3v) is 0. The third-order valence-electron chi connectivity index (χ3n) is 0. The molecular weight excluding hydrogens is 139 g/mol. The molecule has 0 N–H and O–H groups in total.